The summed E-state index contributed by atoms with van der Waals surface area (Å²) in [5.74, 6) is -1.18. The maximum atomic E-state index is 13.1. The van der Waals surface area contributed by atoms with Crippen molar-refractivity contribution in [2.75, 3.05) is 11.9 Å². The van der Waals surface area contributed by atoms with Crippen LogP contribution in [0, 0.1) is 37.5 Å². The van der Waals surface area contributed by atoms with Gasteiger partial charge >= 0.3 is 5.97 Å². The van der Waals surface area contributed by atoms with Crippen molar-refractivity contribution in [3.05, 3.63) is 65.2 Å². The Kier molecular flexibility index (Phi) is 5.71. The number of nitrogens with one attached hydrogen (secondary N) is 1. The molecule has 156 valence electrons. The van der Waals surface area contributed by atoms with Gasteiger partial charge in [-0.15, -0.1) is 0 Å². The molecule has 0 spiro atoms. The molecule has 2 saturated carbocycles. The van der Waals surface area contributed by atoms with Crippen LogP contribution in [0.25, 0.3) is 0 Å². The van der Waals surface area contributed by atoms with Gasteiger partial charge in [0.25, 0.3) is 5.91 Å². The van der Waals surface area contributed by atoms with E-state index in [0.29, 0.717) is 11.3 Å². The van der Waals surface area contributed by atoms with E-state index in [9.17, 15) is 14.4 Å². The molecule has 1 N–H and O–H groups in total. The summed E-state index contributed by atoms with van der Waals surface area (Å²) in [7, 11) is 0. The molecule has 0 unspecified atom stereocenters. The molecule has 0 saturated heterocycles. The highest BCUT2D eigenvalue weighted by atomic mass is 16.5. The van der Waals surface area contributed by atoms with Gasteiger partial charge in [-0.05, 0) is 68.2 Å². The van der Waals surface area contributed by atoms with Crippen LogP contribution >= 0.6 is 0 Å². The van der Waals surface area contributed by atoms with Crippen LogP contribution in [-0.4, -0.2) is 24.3 Å². The number of Topliss-reactive ketones (excluding diaryl/α,β-unsaturated/α-hetero) is 1. The van der Waals surface area contributed by atoms with Gasteiger partial charge in [0, 0.05) is 17.2 Å². The molecule has 4 rings (SSSR count). The van der Waals surface area contributed by atoms with Crippen molar-refractivity contribution < 1.29 is 19.1 Å². The zero-order valence-corrected chi connectivity index (χ0v) is 17.4. The third kappa shape index (κ3) is 4.16. The first-order chi connectivity index (χ1) is 14.4. The van der Waals surface area contributed by atoms with Crippen molar-refractivity contribution >= 4 is 23.3 Å². The van der Waals surface area contributed by atoms with Gasteiger partial charge in [-0.2, -0.15) is 0 Å². The number of esters is 1. The fourth-order valence-electron chi connectivity index (χ4n) is 5.28. The van der Waals surface area contributed by atoms with E-state index < -0.39 is 11.9 Å². The lowest BCUT2D eigenvalue weighted by Crippen LogP contribution is -2.37. The molecule has 0 aromatic heterocycles. The molecule has 0 radical (unpaired) electrons. The lowest BCUT2D eigenvalue weighted by Gasteiger charge is -2.28. The van der Waals surface area contributed by atoms with Gasteiger partial charge in [-0.25, -0.2) is 0 Å². The van der Waals surface area contributed by atoms with Crippen molar-refractivity contribution in [1.29, 1.82) is 0 Å². The minimum absolute atomic E-state index is 0.0180. The topological polar surface area (TPSA) is 72.5 Å². The zero-order valence-electron chi connectivity index (χ0n) is 17.4. The van der Waals surface area contributed by atoms with Gasteiger partial charge in [0.15, 0.2) is 12.4 Å². The Morgan fingerprint density at radius 1 is 0.933 bits per heavy atom. The van der Waals surface area contributed by atoms with Crippen LogP contribution in [0.1, 0.15) is 40.7 Å². The Hall–Kier alpha value is -2.95. The van der Waals surface area contributed by atoms with Crippen molar-refractivity contribution in [1.82, 2.24) is 0 Å². The number of amides is 1. The molecule has 5 heteroatoms. The largest absolute Gasteiger partial charge is 0.455 e. The SMILES string of the molecule is Cc1cc(C)cc(NC(=O)COC(=O)[C@@H]2[C@H]3CC[C@@H](C3)[C@H]2C(=O)c2ccccc2)c1. The lowest BCUT2D eigenvalue weighted by atomic mass is 9.75. The molecule has 30 heavy (non-hydrogen) atoms. The summed E-state index contributed by atoms with van der Waals surface area (Å²) >= 11 is 0. The minimum Gasteiger partial charge on any atom is -0.455 e. The second kappa shape index (κ2) is 8.42. The quantitative estimate of drug-likeness (QED) is 0.573. The van der Waals surface area contributed by atoms with Gasteiger partial charge in [0.2, 0.25) is 0 Å². The van der Waals surface area contributed by atoms with Crippen molar-refractivity contribution in [2.45, 2.75) is 33.1 Å². The zero-order chi connectivity index (χ0) is 21.3. The Morgan fingerprint density at radius 3 is 2.23 bits per heavy atom. The Bertz CT molecular complexity index is 948. The Balaban J connectivity index is 1.40. The number of hydrogen-bond donors (Lipinski definition) is 1. The highest BCUT2D eigenvalue weighted by Crippen LogP contribution is 2.53. The monoisotopic (exact) mass is 405 g/mol. The number of ether oxygens (including phenoxy) is 1. The van der Waals surface area contributed by atoms with E-state index in [1.807, 2.05) is 50.2 Å². The van der Waals surface area contributed by atoms with Crippen LogP contribution in [0.2, 0.25) is 0 Å². The van der Waals surface area contributed by atoms with E-state index in [1.165, 1.54) is 0 Å². The van der Waals surface area contributed by atoms with Crippen LogP contribution in [0.15, 0.2) is 48.5 Å². The Morgan fingerprint density at radius 2 is 1.57 bits per heavy atom. The Labute approximate surface area is 176 Å². The summed E-state index contributed by atoms with van der Waals surface area (Å²) in [6.45, 7) is 3.58. The molecular formula is C25H27NO4. The van der Waals surface area contributed by atoms with E-state index in [0.717, 1.165) is 30.4 Å². The number of ketones is 1. The van der Waals surface area contributed by atoms with Crippen LogP contribution in [-0.2, 0) is 14.3 Å². The highest BCUT2D eigenvalue weighted by molar-refractivity contribution is 6.01. The predicted octanol–water partition coefficient (Wildman–Crippen LogP) is 4.33. The molecule has 2 bridgehead atoms. The summed E-state index contributed by atoms with van der Waals surface area (Å²) in [5.41, 5.74) is 3.42. The van der Waals surface area contributed by atoms with Crippen LogP contribution in [0.5, 0.6) is 0 Å². The van der Waals surface area contributed by atoms with Gasteiger partial charge in [-0.1, -0.05) is 36.4 Å². The molecular weight excluding hydrogens is 378 g/mol. The number of benzene rings is 2. The summed E-state index contributed by atoms with van der Waals surface area (Å²) in [6, 6.07) is 14.9. The van der Waals surface area contributed by atoms with E-state index in [2.05, 4.69) is 5.32 Å². The smallest absolute Gasteiger partial charge is 0.310 e. The molecule has 2 fully saturated rings. The predicted molar refractivity (Wildman–Crippen MR) is 114 cm³/mol. The van der Waals surface area contributed by atoms with Crippen molar-refractivity contribution in [3.63, 3.8) is 0 Å². The summed E-state index contributed by atoms with van der Waals surface area (Å²) in [5, 5.41) is 2.78. The third-order valence-corrected chi connectivity index (χ3v) is 6.40. The van der Waals surface area contributed by atoms with E-state index >= 15 is 0 Å². The molecule has 2 aliphatic rings. The van der Waals surface area contributed by atoms with E-state index in [1.54, 1.807) is 12.1 Å². The molecule has 1 amide bonds. The molecule has 0 heterocycles. The number of fused-ring (bicyclic) bond motifs is 2. The summed E-state index contributed by atoms with van der Waals surface area (Å²) in [6.07, 6.45) is 2.81. The normalized spacial score (nSPS) is 24.5. The average molecular weight is 405 g/mol. The molecule has 5 nitrogen and oxygen atoms in total. The van der Waals surface area contributed by atoms with Crippen molar-refractivity contribution in [2.24, 2.45) is 23.7 Å². The first kappa shape index (κ1) is 20.3. The third-order valence-electron chi connectivity index (χ3n) is 6.40. The maximum absolute atomic E-state index is 13.1. The minimum atomic E-state index is -0.453. The van der Waals surface area contributed by atoms with Crippen molar-refractivity contribution in [3.8, 4) is 0 Å². The summed E-state index contributed by atoms with van der Waals surface area (Å²) < 4.78 is 5.39. The molecule has 2 aromatic carbocycles. The van der Waals surface area contributed by atoms with Crippen LogP contribution in [0.4, 0.5) is 5.69 Å². The second-order valence-electron chi connectivity index (χ2n) is 8.65. The molecule has 2 aliphatic carbocycles. The number of carbonyl (C=O) groups is 3. The average Bonchev–Trinajstić information content (AvgIpc) is 3.33. The fourth-order valence-corrected chi connectivity index (χ4v) is 5.28. The van der Waals surface area contributed by atoms with Gasteiger partial charge in [0.05, 0.1) is 5.92 Å². The van der Waals surface area contributed by atoms with E-state index in [4.69, 9.17) is 4.74 Å². The van der Waals surface area contributed by atoms with Gasteiger partial charge in [-0.3, -0.25) is 14.4 Å². The fraction of sp³-hybridized carbons (Fsp3) is 0.400. The number of hydrogen-bond acceptors (Lipinski definition) is 4. The number of carbonyl (C=O) groups excluding carboxylic acids is 3. The summed E-state index contributed by atoms with van der Waals surface area (Å²) in [4.78, 5) is 38.3. The number of anilines is 1. The first-order valence-corrected chi connectivity index (χ1v) is 10.6. The standard InChI is InChI=1S/C25H27NO4/c1-15-10-16(2)12-20(11-15)26-21(27)14-30-25(29)23-19-9-8-18(13-19)22(23)24(28)17-6-4-3-5-7-17/h3-7,10-12,18-19,22-23H,8-9,13-14H2,1-2H3,(H,26,27)/t18-,19-,22+,23+/m0/s1. The lowest BCUT2D eigenvalue weighted by molar-refractivity contribution is -0.154. The van der Waals surface area contributed by atoms with Gasteiger partial charge < -0.3 is 10.1 Å². The first-order valence-electron chi connectivity index (χ1n) is 10.6. The molecule has 2 aromatic rings. The molecule has 0 aliphatic heterocycles. The maximum Gasteiger partial charge on any atom is 0.310 e. The van der Waals surface area contributed by atoms with Gasteiger partial charge in [0.1, 0.15) is 0 Å². The van der Waals surface area contributed by atoms with Crippen LogP contribution in [0.3, 0.4) is 0 Å². The van der Waals surface area contributed by atoms with E-state index in [-0.39, 0.29) is 36.1 Å². The highest BCUT2D eigenvalue weighted by Gasteiger charge is 2.54. The second-order valence-corrected chi connectivity index (χ2v) is 8.65. The number of aryl methyl sites for hydroxylation is 2. The number of rotatable bonds is 6. The molecule has 4 atom stereocenters. The van der Waals surface area contributed by atoms with Crippen LogP contribution < -0.4 is 5.32 Å².